The summed E-state index contributed by atoms with van der Waals surface area (Å²) in [5.74, 6) is 1.16. The lowest BCUT2D eigenvalue weighted by molar-refractivity contribution is -0.114. The summed E-state index contributed by atoms with van der Waals surface area (Å²) >= 11 is 0. The van der Waals surface area contributed by atoms with E-state index in [1.165, 1.54) is 19.3 Å². The van der Waals surface area contributed by atoms with Gasteiger partial charge in [0.15, 0.2) is 5.96 Å². The third-order valence-corrected chi connectivity index (χ3v) is 5.18. The molecular weight excluding hydrogens is 278 g/mol. The lowest BCUT2D eigenvalue weighted by Gasteiger charge is -2.60. The van der Waals surface area contributed by atoms with Crippen LogP contribution in [0.2, 0.25) is 0 Å². The summed E-state index contributed by atoms with van der Waals surface area (Å²) in [7, 11) is 1.63. The van der Waals surface area contributed by atoms with Gasteiger partial charge in [0, 0.05) is 17.2 Å². The van der Waals surface area contributed by atoms with Crippen molar-refractivity contribution in [2.75, 3.05) is 25.6 Å². The van der Waals surface area contributed by atoms with E-state index in [1.807, 2.05) is 24.3 Å². The molecule has 0 amide bonds. The number of ether oxygens (including phenoxy) is 1. The van der Waals surface area contributed by atoms with Gasteiger partial charge in [-0.15, -0.1) is 0 Å². The maximum atomic E-state index is 9.71. The quantitative estimate of drug-likeness (QED) is 0.576. The average molecular weight is 303 g/mol. The smallest absolute Gasteiger partial charge is 0.193 e. The van der Waals surface area contributed by atoms with Crippen LogP contribution in [0.3, 0.4) is 0 Å². The predicted molar refractivity (Wildman–Crippen MR) is 88.1 cm³/mol. The minimum Gasteiger partial charge on any atom is -0.497 e. The molecule has 0 heterocycles. The van der Waals surface area contributed by atoms with E-state index >= 15 is 0 Å². The minimum absolute atomic E-state index is 0.0545. The van der Waals surface area contributed by atoms with Crippen molar-refractivity contribution in [3.05, 3.63) is 24.3 Å². The third-order valence-electron chi connectivity index (χ3n) is 5.18. The Labute approximate surface area is 131 Å². The molecule has 120 valence electrons. The molecule has 22 heavy (non-hydrogen) atoms. The molecule has 0 aliphatic heterocycles. The molecule has 0 atom stereocenters. The molecule has 0 radical (unpaired) electrons. The fraction of sp³-hybridized carbons (Fsp3) is 0.588. The highest BCUT2D eigenvalue weighted by atomic mass is 16.5. The summed E-state index contributed by atoms with van der Waals surface area (Å²) in [6, 6.07) is 7.57. The standard InChI is InChI=1S/C17H25N3O2/c1-22-14-5-2-4-13(8-14)20-15(18)19-11-17(12-21)9-16(10-17)6-3-7-16/h2,4-5,8,21H,3,6-7,9-12H2,1H3,(H3,18,19,20). The lowest BCUT2D eigenvalue weighted by atomic mass is 9.45. The average Bonchev–Trinajstić information content (AvgIpc) is 2.45. The number of anilines is 1. The molecule has 2 aliphatic carbocycles. The number of nitrogens with zero attached hydrogens (tertiary/aromatic N) is 1. The molecule has 0 aromatic heterocycles. The first-order chi connectivity index (χ1) is 10.6. The highest BCUT2D eigenvalue weighted by Gasteiger charge is 2.56. The van der Waals surface area contributed by atoms with Gasteiger partial charge in [-0.25, -0.2) is 0 Å². The molecular formula is C17H25N3O2. The third kappa shape index (κ3) is 2.90. The van der Waals surface area contributed by atoms with Crippen molar-refractivity contribution in [2.24, 2.45) is 21.6 Å². The highest BCUT2D eigenvalue weighted by Crippen LogP contribution is 2.64. The lowest BCUT2D eigenvalue weighted by Crippen LogP contribution is -2.54. The van der Waals surface area contributed by atoms with Gasteiger partial charge in [-0.2, -0.15) is 0 Å². The number of methoxy groups -OCH3 is 1. The van der Waals surface area contributed by atoms with Gasteiger partial charge in [0.25, 0.3) is 0 Å². The van der Waals surface area contributed by atoms with Crippen LogP contribution >= 0.6 is 0 Å². The Balaban J connectivity index is 1.57. The van der Waals surface area contributed by atoms with Crippen molar-refractivity contribution in [3.8, 4) is 5.75 Å². The Kier molecular flexibility index (Phi) is 4.00. The van der Waals surface area contributed by atoms with Crippen LogP contribution in [-0.4, -0.2) is 31.3 Å². The minimum atomic E-state index is -0.0545. The number of nitrogens with one attached hydrogen (secondary N) is 1. The number of benzene rings is 1. The topological polar surface area (TPSA) is 79.9 Å². The second-order valence-corrected chi connectivity index (χ2v) is 6.92. The summed E-state index contributed by atoms with van der Waals surface area (Å²) < 4.78 is 5.18. The molecule has 2 aliphatic rings. The first-order valence-corrected chi connectivity index (χ1v) is 7.91. The Morgan fingerprint density at radius 3 is 2.77 bits per heavy atom. The molecule has 0 unspecified atom stereocenters. The van der Waals surface area contributed by atoms with Crippen LogP contribution in [0.1, 0.15) is 32.1 Å². The first kappa shape index (κ1) is 15.2. The van der Waals surface area contributed by atoms with E-state index in [0.717, 1.165) is 24.3 Å². The van der Waals surface area contributed by atoms with Crippen LogP contribution in [0.25, 0.3) is 0 Å². The van der Waals surface area contributed by atoms with Crippen molar-refractivity contribution in [3.63, 3.8) is 0 Å². The van der Waals surface area contributed by atoms with Gasteiger partial charge in [-0.3, -0.25) is 4.99 Å². The number of aliphatic imine (C=N–C) groups is 1. The number of hydrogen-bond acceptors (Lipinski definition) is 3. The SMILES string of the molecule is COc1cccc(NC(N)=NCC2(CO)CC3(CCC3)C2)c1. The number of aliphatic hydroxyl groups is 1. The van der Waals surface area contributed by atoms with E-state index < -0.39 is 0 Å². The molecule has 0 saturated heterocycles. The summed E-state index contributed by atoms with van der Waals surface area (Å²) in [5, 5.41) is 12.8. The monoisotopic (exact) mass is 303 g/mol. The van der Waals surface area contributed by atoms with Crippen molar-refractivity contribution in [2.45, 2.75) is 32.1 Å². The number of rotatable bonds is 5. The zero-order chi connectivity index (χ0) is 15.6. The summed E-state index contributed by atoms with van der Waals surface area (Å²) in [4.78, 5) is 4.45. The van der Waals surface area contributed by atoms with Gasteiger partial charge in [-0.1, -0.05) is 12.5 Å². The number of aliphatic hydroxyl groups excluding tert-OH is 1. The normalized spacial score (nSPS) is 21.8. The zero-order valence-corrected chi connectivity index (χ0v) is 13.1. The zero-order valence-electron chi connectivity index (χ0n) is 13.1. The summed E-state index contributed by atoms with van der Waals surface area (Å²) in [6.07, 6.45) is 6.15. The predicted octanol–water partition coefficient (Wildman–Crippen LogP) is 2.36. The number of nitrogens with two attached hydrogens (primary N) is 1. The molecule has 0 bridgehead atoms. The second kappa shape index (κ2) is 5.80. The van der Waals surface area contributed by atoms with Gasteiger partial charge in [0.1, 0.15) is 5.75 Å². The van der Waals surface area contributed by atoms with E-state index in [1.54, 1.807) is 7.11 Å². The van der Waals surface area contributed by atoms with Crippen LogP contribution in [0.5, 0.6) is 5.75 Å². The molecule has 1 spiro atoms. The van der Waals surface area contributed by atoms with Crippen molar-refractivity contribution in [1.82, 2.24) is 0 Å². The van der Waals surface area contributed by atoms with Gasteiger partial charge in [0.05, 0.1) is 20.3 Å². The molecule has 2 saturated carbocycles. The van der Waals surface area contributed by atoms with Gasteiger partial charge in [0.2, 0.25) is 0 Å². The second-order valence-electron chi connectivity index (χ2n) is 6.92. The molecule has 2 fully saturated rings. The molecule has 1 aromatic rings. The van der Waals surface area contributed by atoms with Crippen LogP contribution in [0.4, 0.5) is 5.69 Å². The van der Waals surface area contributed by atoms with Crippen LogP contribution < -0.4 is 15.8 Å². The summed E-state index contributed by atoms with van der Waals surface area (Å²) in [6.45, 7) is 0.790. The van der Waals surface area contributed by atoms with Crippen LogP contribution in [0, 0.1) is 10.8 Å². The van der Waals surface area contributed by atoms with Crippen LogP contribution in [0.15, 0.2) is 29.3 Å². The number of guanidine groups is 1. The fourth-order valence-corrected chi connectivity index (χ4v) is 3.98. The van der Waals surface area contributed by atoms with Gasteiger partial charge < -0.3 is 20.9 Å². The Hall–Kier alpha value is -1.75. The van der Waals surface area contributed by atoms with Crippen molar-refractivity contribution >= 4 is 11.6 Å². The summed E-state index contributed by atoms with van der Waals surface area (Å²) in [5.41, 5.74) is 7.28. The van der Waals surface area contributed by atoms with E-state index in [-0.39, 0.29) is 12.0 Å². The molecule has 5 heteroatoms. The van der Waals surface area contributed by atoms with Crippen molar-refractivity contribution < 1.29 is 9.84 Å². The molecule has 1 aromatic carbocycles. The Morgan fingerprint density at radius 2 is 2.18 bits per heavy atom. The van der Waals surface area contributed by atoms with Crippen LogP contribution in [-0.2, 0) is 0 Å². The van der Waals surface area contributed by atoms with E-state index in [9.17, 15) is 5.11 Å². The van der Waals surface area contributed by atoms with Gasteiger partial charge in [-0.05, 0) is 43.2 Å². The van der Waals surface area contributed by atoms with E-state index in [2.05, 4.69) is 10.3 Å². The van der Waals surface area contributed by atoms with Crippen molar-refractivity contribution in [1.29, 1.82) is 0 Å². The van der Waals surface area contributed by atoms with E-state index in [0.29, 0.717) is 17.9 Å². The largest absolute Gasteiger partial charge is 0.497 e. The number of hydrogen-bond donors (Lipinski definition) is 3. The Bertz CT molecular complexity index is 559. The highest BCUT2D eigenvalue weighted by molar-refractivity contribution is 5.92. The molecule has 5 nitrogen and oxygen atoms in total. The van der Waals surface area contributed by atoms with E-state index in [4.69, 9.17) is 10.5 Å². The maximum Gasteiger partial charge on any atom is 0.193 e. The molecule has 4 N–H and O–H groups in total. The first-order valence-electron chi connectivity index (χ1n) is 7.91. The fourth-order valence-electron chi connectivity index (χ4n) is 3.98. The van der Waals surface area contributed by atoms with Gasteiger partial charge >= 0.3 is 0 Å². The molecule has 3 rings (SSSR count). The Morgan fingerprint density at radius 1 is 1.41 bits per heavy atom. The maximum absolute atomic E-state index is 9.71.